The van der Waals surface area contributed by atoms with E-state index in [-0.39, 0.29) is 17.2 Å². The molecule has 1 saturated carbocycles. The molecule has 21 heavy (non-hydrogen) atoms. The van der Waals surface area contributed by atoms with Gasteiger partial charge in [-0.05, 0) is 24.5 Å². The van der Waals surface area contributed by atoms with Gasteiger partial charge in [0.25, 0.3) is 0 Å². The second-order valence-electron chi connectivity index (χ2n) is 7.27. The van der Waals surface area contributed by atoms with Gasteiger partial charge in [0.1, 0.15) is 6.04 Å². The van der Waals surface area contributed by atoms with Gasteiger partial charge in [0.15, 0.2) is 0 Å². The van der Waals surface area contributed by atoms with Gasteiger partial charge in [-0.3, -0.25) is 9.59 Å². The number of carbonyl (C=O) groups excluding carboxylic acids is 2. The summed E-state index contributed by atoms with van der Waals surface area (Å²) >= 11 is 1.87. The zero-order chi connectivity index (χ0) is 15.6. The summed E-state index contributed by atoms with van der Waals surface area (Å²) in [5.74, 6) is 0.113. The Bertz CT molecular complexity index is 406. The van der Waals surface area contributed by atoms with Gasteiger partial charge < -0.3 is 10.2 Å². The third-order valence-corrected chi connectivity index (χ3v) is 5.81. The first-order chi connectivity index (χ1) is 9.84. The lowest BCUT2D eigenvalue weighted by molar-refractivity contribution is -0.138. The number of hydrogen-bond acceptors (Lipinski definition) is 3. The highest BCUT2D eigenvalue weighted by molar-refractivity contribution is 7.99. The number of hydrogen-bond donors (Lipinski definition) is 1. The lowest BCUT2D eigenvalue weighted by atomic mass is 9.85. The van der Waals surface area contributed by atoms with E-state index >= 15 is 0 Å². The highest BCUT2D eigenvalue weighted by atomic mass is 32.2. The molecule has 1 heterocycles. The average molecular weight is 312 g/mol. The zero-order valence-corrected chi connectivity index (χ0v) is 14.5. The van der Waals surface area contributed by atoms with E-state index in [4.69, 9.17) is 0 Å². The van der Waals surface area contributed by atoms with Crippen LogP contribution in [0.5, 0.6) is 0 Å². The van der Waals surface area contributed by atoms with E-state index in [2.05, 4.69) is 11.6 Å². The van der Waals surface area contributed by atoms with Crippen molar-refractivity contribution in [2.45, 2.75) is 70.2 Å². The Hall–Kier alpha value is -0.710. The largest absolute Gasteiger partial charge is 0.344 e. The van der Waals surface area contributed by atoms with Gasteiger partial charge in [0.05, 0.1) is 0 Å². The molecule has 2 aliphatic rings. The van der Waals surface area contributed by atoms with Crippen molar-refractivity contribution in [1.82, 2.24) is 10.2 Å². The summed E-state index contributed by atoms with van der Waals surface area (Å²) in [7, 11) is 0. The van der Waals surface area contributed by atoms with Crippen LogP contribution in [0.25, 0.3) is 0 Å². The van der Waals surface area contributed by atoms with Crippen molar-refractivity contribution in [3.63, 3.8) is 0 Å². The number of nitrogens with zero attached hydrogens (tertiary/aromatic N) is 1. The van der Waals surface area contributed by atoms with Crippen molar-refractivity contribution in [3.8, 4) is 0 Å². The molecule has 1 aliphatic carbocycles. The maximum absolute atomic E-state index is 13.0. The van der Waals surface area contributed by atoms with Crippen molar-refractivity contribution in [3.05, 3.63) is 0 Å². The summed E-state index contributed by atoms with van der Waals surface area (Å²) in [5.41, 5.74) is -0.251. The molecule has 0 radical (unpaired) electrons. The fraction of sp³-hybridized carbons (Fsp3) is 0.875. The molecule has 0 bridgehead atoms. The quantitative estimate of drug-likeness (QED) is 0.852. The summed E-state index contributed by atoms with van der Waals surface area (Å²) in [6.07, 6.45) is 7.25. The van der Waals surface area contributed by atoms with E-state index in [1.807, 2.05) is 37.4 Å². The van der Waals surface area contributed by atoms with Crippen molar-refractivity contribution in [1.29, 1.82) is 0 Å². The Kier molecular flexibility index (Phi) is 5.23. The molecule has 0 aromatic carbocycles. The number of nitrogens with one attached hydrogen (secondary N) is 1. The van der Waals surface area contributed by atoms with E-state index in [1.54, 1.807) is 0 Å². The van der Waals surface area contributed by atoms with E-state index in [1.165, 1.54) is 19.3 Å². The van der Waals surface area contributed by atoms with Gasteiger partial charge in [0.2, 0.25) is 11.8 Å². The standard InChI is InChI=1S/C16H28N2O2S/c1-16(2,3)14-15(20)18(10-9-13(19)17-14)11-7-5-6-8-12(11)21-4/h11-12,14H,5-10H2,1-4H3,(H,17,19). The van der Waals surface area contributed by atoms with Crippen molar-refractivity contribution >= 4 is 23.6 Å². The van der Waals surface area contributed by atoms with Crippen LogP contribution in [0.4, 0.5) is 0 Å². The average Bonchev–Trinajstić information content (AvgIpc) is 2.58. The molecule has 2 amide bonds. The molecule has 5 heteroatoms. The molecule has 3 unspecified atom stereocenters. The molecule has 2 fully saturated rings. The van der Waals surface area contributed by atoms with Gasteiger partial charge >= 0.3 is 0 Å². The normalized spacial score (nSPS) is 31.8. The topological polar surface area (TPSA) is 49.4 Å². The minimum Gasteiger partial charge on any atom is -0.344 e. The Morgan fingerprint density at radius 1 is 1.19 bits per heavy atom. The highest BCUT2D eigenvalue weighted by Gasteiger charge is 2.42. The van der Waals surface area contributed by atoms with Crippen LogP contribution in [0.15, 0.2) is 0 Å². The molecular formula is C16H28N2O2S. The smallest absolute Gasteiger partial charge is 0.245 e. The predicted octanol–water partition coefficient (Wildman–Crippen LogP) is 2.42. The number of carbonyl (C=O) groups is 2. The maximum Gasteiger partial charge on any atom is 0.245 e. The first-order valence-corrected chi connectivity index (χ1v) is 9.26. The SMILES string of the molecule is CSC1CCCCC1N1CCC(=O)NC(C(C)(C)C)C1=O. The number of amides is 2. The molecule has 0 spiro atoms. The Morgan fingerprint density at radius 3 is 2.48 bits per heavy atom. The fourth-order valence-electron chi connectivity index (χ4n) is 3.42. The summed E-state index contributed by atoms with van der Waals surface area (Å²) < 4.78 is 0. The van der Waals surface area contributed by atoms with E-state index < -0.39 is 6.04 Å². The molecule has 1 saturated heterocycles. The summed E-state index contributed by atoms with van der Waals surface area (Å²) in [5, 5.41) is 3.44. The van der Waals surface area contributed by atoms with Crippen molar-refractivity contribution in [2.24, 2.45) is 5.41 Å². The molecule has 0 aromatic heterocycles. The van der Waals surface area contributed by atoms with Gasteiger partial charge in [-0.2, -0.15) is 11.8 Å². The Morgan fingerprint density at radius 2 is 1.86 bits per heavy atom. The van der Waals surface area contributed by atoms with Crippen molar-refractivity contribution in [2.75, 3.05) is 12.8 Å². The molecular weight excluding hydrogens is 284 g/mol. The zero-order valence-electron chi connectivity index (χ0n) is 13.6. The van der Waals surface area contributed by atoms with Crippen LogP contribution in [-0.4, -0.2) is 46.8 Å². The van der Waals surface area contributed by atoms with Gasteiger partial charge in [-0.25, -0.2) is 0 Å². The van der Waals surface area contributed by atoms with Crippen LogP contribution in [0.1, 0.15) is 52.9 Å². The summed E-state index contributed by atoms with van der Waals surface area (Å²) in [4.78, 5) is 27.0. The van der Waals surface area contributed by atoms with Crippen LogP contribution in [0.2, 0.25) is 0 Å². The van der Waals surface area contributed by atoms with E-state index in [0.717, 1.165) is 6.42 Å². The number of rotatable bonds is 2. The van der Waals surface area contributed by atoms with Gasteiger partial charge in [-0.15, -0.1) is 0 Å². The highest BCUT2D eigenvalue weighted by Crippen LogP contribution is 2.33. The molecule has 0 aromatic rings. The molecule has 120 valence electrons. The Labute approximate surface area is 132 Å². The monoisotopic (exact) mass is 312 g/mol. The molecule has 3 atom stereocenters. The first kappa shape index (κ1) is 16.7. The second-order valence-corrected chi connectivity index (χ2v) is 8.35. The summed E-state index contributed by atoms with van der Waals surface area (Å²) in [6.45, 7) is 6.63. The van der Waals surface area contributed by atoms with Crippen LogP contribution in [0, 0.1) is 5.41 Å². The first-order valence-electron chi connectivity index (χ1n) is 7.97. The maximum atomic E-state index is 13.0. The van der Waals surface area contributed by atoms with Crippen molar-refractivity contribution < 1.29 is 9.59 Å². The minimum absolute atomic E-state index is 0.00212. The Balaban J connectivity index is 2.24. The minimum atomic E-state index is -0.406. The summed E-state index contributed by atoms with van der Waals surface area (Å²) in [6, 6.07) is -0.115. The predicted molar refractivity (Wildman–Crippen MR) is 87.3 cm³/mol. The van der Waals surface area contributed by atoms with Gasteiger partial charge in [-0.1, -0.05) is 33.6 Å². The molecule has 4 nitrogen and oxygen atoms in total. The lowest BCUT2D eigenvalue weighted by Gasteiger charge is -2.41. The van der Waals surface area contributed by atoms with Crippen LogP contribution < -0.4 is 5.32 Å². The van der Waals surface area contributed by atoms with Crippen LogP contribution in [-0.2, 0) is 9.59 Å². The molecule has 1 aliphatic heterocycles. The molecule has 1 N–H and O–H groups in total. The second kappa shape index (κ2) is 6.59. The fourth-order valence-corrected chi connectivity index (χ4v) is 4.42. The van der Waals surface area contributed by atoms with Crippen LogP contribution in [0.3, 0.4) is 0 Å². The molecule has 2 rings (SSSR count). The third-order valence-electron chi connectivity index (χ3n) is 4.65. The lowest BCUT2D eigenvalue weighted by Crippen LogP contribution is -2.56. The van der Waals surface area contributed by atoms with E-state index in [0.29, 0.717) is 24.3 Å². The number of thioether (sulfide) groups is 1. The van der Waals surface area contributed by atoms with E-state index in [9.17, 15) is 9.59 Å². The van der Waals surface area contributed by atoms with Gasteiger partial charge in [0, 0.05) is 24.3 Å². The van der Waals surface area contributed by atoms with Crippen LogP contribution >= 0.6 is 11.8 Å². The third kappa shape index (κ3) is 3.74.